The van der Waals surface area contributed by atoms with Crippen LogP contribution in [0.3, 0.4) is 0 Å². The van der Waals surface area contributed by atoms with Gasteiger partial charge >= 0.3 is 0 Å². The predicted octanol–water partition coefficient (Wildman–Crippen LogP) is 6.04. The molecule has 0 amide bonds. The highest BCUT2D eigenvalue weighted by Gasteiger charge is 2.12. The van der Waals surface area contributed by atoms with Crippen LogP contribution in [-0.4, -0.2) is 0 Å². The molecule has 3 aromatic carbocycles. The van der Waals surface area contributed by atoms with Crippen LogP contribution >= 0.6 is 11.6 Å². The minimum absolute atomic E-state index is 0.292. The maximum atomic E-state index is 13.5. The van der Waals surface area contributed by atoms with E-state index in [2.05, 4.69) is 0 Å². The second kappa shape index (κ2) is 6.29. The van der Waals surface area contributed by atoms with Crippen LogP contribution in [0.1, 0.15) is 5.56 Å². The first kappa shape index (κ1) is 14.7. The molecule has 0 saturated heterocycles. The van der Waals surface area contributed by atoms with Gasteiger partial charge in [-0.3, -0.25) is 0 Å². The van der Waals surface area contributed by atoms with Crippen molar-refractivity contribution in [2.24, 2.45) is 0 Å². The average molecular weight is 315 g/mol. The lowest BCUT2D eigenvalue weighted by Crippen LogP contribution is -1.92. The molecule has 0 heterocycles. The van der Waals surface area contributed by atoms with E-state index >= 15 is 0 Å². The van der Waals surface area contributed by atoms with Gasteiger partial charge in [-0.25, -0.2) is 8.78 Å². The molecule has 0 nitrogen and oxygen atoms in total. The highest BCUT2D eigenvalue weighted by atomic mass is 35.5. The van der Waals surface area contributed by atoms with Gasteiger partial charge in [0.2, 0.25) is 0 Å². The topological polar surface area (TPSA) is 0 Å². The summed E-state index contributed by atoms with van der Waals surface area (Å²) < 4.78 is 26.7. The van der Waals surface area contributed by atoms with Gasteiger partial charge in [0.25, 0.3) is 0 Å². The molecule has 0 N–H and O–H groups in total. The van der Waals surface area contributed by atoms with Crippen molar-refractivity contribution in [1.82, 2.24) is 0 Å². The van der Waals surface area contributed by atoms with Gasteiger partial charge in [0, 0.05) is 5.88 Å². The molecule has 0 radical (unpaired) electrons. The Balaban J connectivity index is 2.25. The minimum atomic E-state index is -0.293. The Morgan fingerprint density at radius 1 is 0.727 bits per heavy atom. The van der Waals surface area contributed by atoms with Crippen LogP contribution in [0.5, 0.6) is 0 Å². The molecule has 0 aliphatic heterocycles. The Hall–Kier alpha value is -2.19. The molecule has 0 unspecified atom stereocenters. The van der Waals surface area contributed by atoms with Crippen molar-refractivity contribution in [1.29, 1.82) is 0 Å². The zero-order valence-electron chi connectivity index (χ0n) is 11.7. The van der Waals surface area contributed by atoms with E-state index in [0.717, 1.165) is 27.8 Å². The average Bonchev–Trinajstić information content (AvgIpc) is 2.55. The second-order valence-corrected chi connectivity index (χ2v) is 5.26. The Morgan fingerprint density at radius 2 is 1.45 bits per heavy atom. The van der Waals surface area contributed by atoms with Crippen LogP contribution in [0.25, 0.3) is 22.3 Å². The third kappa shape index (κ3) is 2.88. The maximum absolute atomic E-state index is 13.5. The standard InChI is InChI=1S/C19H13ClF2/c20-12-15-4-2-6-18(14-3-1-5-17(22)11-14)19(15)13-7-9-16(21)10-8-13/h1-11H,12H2. The molecule has 0 aliphatic carbocycles. The first-order chi connectivity index (χ1) is 10.7. The number of hydrogen-bond acceptors (Lipinski definition) is 0. The molecule has 3 heteroatoms. The van der Waals surface area contributed by atoms with Crippen LogP contribution in [0.4, 0.5) is 8.78 Å². The Kier molecular flexibility index (Phi) is 4.21. The van der Waals surface area contributed by atoms with E-state index in [1.54, 1.807) is 18.2 Å². The van der Waals surface area contributed by atoms with E-state index < -0.39 is 0 Å². The number of hydrogen-bond donors (Lipinski definition) is 0. The van der Waals surface area contributed by atoms with E-state index in [9.17, 15) is 8.78 Å². The molecule has 110 valence electrons. The first-order valence-corrected chi connectivity index (χ1v) is 7.42. The first-order valence-electron chi connectivity index (χ1n) is 6.89. The van der Waals surface area contributed by atoms with E-state index in [-0.39, 0.29) is 11.6 Å². The number of halogens is 3. The minimum Gasteiger partial charge on any atom is -0.207 e. The summed E-state index contributed by atoms with van der Waals surface area (Å²) in [6, 6.07) is 18.4. The van der Waals surface area contributed by atoms with Crippen molar-refractivity contribution in [3.05, 3.63) is 83.9 Å². The van der Waals surface area contributed by atoms with Gasteiger partial charge in [0.1, 0.15) is 11.6 Å². The van der Waals surface area contributed by atoms with E-state index in [1.807, 2.05) is 24.3 Å². The van der Waals surface area contributed by atoms with Crippen LogP contribution < -0.4 is 0 Å². The lowest BCUT2D eigenvalue weighted by atomic mass is 9.91. The fourth-order valence-corrected chi connectivity index (χ4v) is 2.79. The van der Waals surface area contributed by atoms with Gasteiger partial charge in [0.05, 0.1) is 0 Å². The summed E-state index contributed by atoms with van der Waals surface area (Å²) in [5, 5.41) is 0. The highest BCUT2D eigenvalue weighted by molar-refractivity contribution is 6.17. The summed E-state index contributed by atoms with van der Waals surface area (Å²) in [5.41, 5.74) is 4.34. The summed E-state index contributed by atoms with van der Waals surface area (Å²) in [5.74, 6) is -0.256. The van der Waals surface area contributed by atoms with Crippen LogP contribution in [0.15, 0.2) is 66.7 Å². The number of benzene rings is 3. The van der Waals surface area contributed by atoms with Crippen molar-refractivity contribution in [3.63, 3.8) is 0 Å². The third-order valence-electron chi connectivity index (χ3n) is 3.56. The lowest BCUT2D eigenvalue weighted by Gasteiger charge is -2.14. The molecule has 3 rings (SSSR count). The Bertz CT molecular complexity index is 795. The molecule has 0 atom stereocenters. The summed E-state index contributed by atoms with van der Waals surface area (Å²) in [6.45, 7) is 0. The van der Waals surface area contributed by atoms with Crippen molar-refractivity contribution >= 4 is 11.6 Å². The maximum Gasteiger partial charge on any atom is 0.123 e. The van der Waals surface area contributed by atoms with Crippen LogP contribution in [0.2, 0.25) is 0 Å². The van der Waals surface area contributed by atoms with Crippen molar-refractivity contribution in [2.45, 2.75) is 5.88 Å². The van der Waals surface area contributed by atoms with Crippen LogP contribution in [0, 0.1) is 11.6 Å². The van der Waals surface area contributed by atoms with Crippen LogP contribution in [-0.2, 0) is 5.88 Å². The number of rotatable bonds is 3. The predicted molar refractivity (Wildman–Crippen MR) is 86.8 cm³/mol. The molecule has 0 bridgehead atoms. The fourth-order valence-electron chi connectivity index (χ4n) is 2.57. The van der Waals surface area contributed by atoms with Gasteiger partial charge in [0.15, 0.2) is 0 Å². The van der Waals surface area contributed by atoms with Gasteiger partial charge in [-0.15, -0.1) is 11.6 Å². The van der Waals surface area contributed by atoms with Crippen molar-refractivity contribution < 1.29 is 8.78 Å². The normalized spacial score (nSPS) is 10.7. The molecule has 0 saturated carbocycles. The molecule has 22 heavy (non-hydrogen) atoms. The Labute approximate surface area is 133 Å². The second-order valence-electron chi connectivity index (χ2n) is 4.99. The van der Waals surface area contributed by atoms with Gasteiger partial charge in [-0.1, -0.05) is 42.5 Å². The lowest BCUT2D eigenvalue weighted by molar-refractivity contribution is 0.628. The molecular formula is C19H13ClF2. The fraction of sp³-hybridized carbons (Fsp3) is 0.0526. The van der Waals surface area contributed by atoms with E-state index in [0.29, 0.717) is 5.88 Å². The SMILES string of the molecule is Fc1ccc(-c2c(CCl)cccc2-c2cccc(F)c2)cc1. The number of alkyl halides is 1. The van der Waals surface area contributed by atoms with Crippen molar-refractivity contribution in [3.8, 4) is 22.3 Å². The third-order valence-corrected chi connectivity index (χ3v) is 3.85. The summed E-state index contributed by atoms with van der Waals surface area (Å²) in [7, 11) is 0. The monoisotopic (exact) mass is 314 g/mol. The van der Waals surface area contributed by atoms with E-state index in [1.165, 1.54) is 24.3 Å². The summed E-state index contributed by atoms with van der Waals surface area (Å²) in [6.07, 6.45) is 0. The van der Waals surface area contributed by atoms with Gasteiger partial charge in [-0.05, 0) is 52.1 Å². The van der Waals surface area contributed by atoms with Crippen molar-refractivity contribution in [2.75, 3.05) is 0 Å². The largest absolute Gasteiger partial charge is 0.207 e. The molecule has 3 aromatic rings. The van der Waals surface area contributed by atoms with Gasteiger partial charge in [-0.2, -0.15) is 0 Å². The summed E-state index contributed by atoms with van der Waals surface area (Å²) >= 11 is 6.06. The quantitative estimate of drug-likeness (QED) is 0.517. The molecule has 0 fully saturated rings. The zero-order valence-corrected chi connectivity index (χ0v) is 12.4. The Morgan fingerprint density at radius 3 is 2.14 bits per heavy atom. The van der Waals surface area contributed by atoms with E-state index in [4.69, 9.17) is 11.6 Å². The molecular weight excluding hydrogens is 302 g/mol. The molecule has 0 aliphatic rings. The molecule has 0 aromatic heterocycles. The highest BCUT2D eigenvalue weighted by Crippen LogP contribution is 2.36. The summed E-state index contributed by atoms with van der Waals surface area (Å²) in [4.78, 5) is 0. The zero-order chi connectivity index (χ0) is 15.5. The smallest absolute Gasteiger partial charge is 0.123 e. The van der Waals surface area contributed by atoms with Gasteiger partial charge < -0.3 is 0 Å². The molecule has 0 spiro atoms.